The Bertz CT molecular complexity index is 891. The number of benzene rings is 1. The standard InChI is InChI=1S/C16H16N4O4/c1-22-11-9-13(24-3)12(23-2)8-10(11)15(21)17-16-19-18-14-6-4-5-7-20(14)16/h4-9H,1-3H3,(H,17,19,21). The van der Waals surface area contributed by atoms with Crippen molar-refractivity contribution in [2.45, 2.75) is 0 Å². The van der Waals surface area contributed by atoms with Gasteiger partial charge in [-0.3, -0.25) is 14.5 Å². The minimum atomic E-state index is -0.397. The van der Waals surface area contributed by atoms with E-state index in [1.807, 2.05) is 12.1 Å². The van der Waals surface area contributed by atoms with E-state index in [1.165, 1.54) is 21.3 Å². The Labute approximate surface area is 138 Å². The van der Waals surface area contributed by atoms with Crippen LogP contribution in [0.5, 0.6) is 17.2 Å². The number of amides is 1. The summed E-state index contributed by atoms with van der Waals surface area (Å²) in [5.41, 5.74) is 0.926. The highest BCUT2D eigenvalue weighted by Crippen LogP contribution is 2.34. The van der Waals surface area contributed by atoms with E-state index in [0.717, 1.165) is 0 Å². The fraction of sp³-hybridized carbons (Fsp3) is 0.188. The summed E-state index contributed by atoms with van der Waals surface area (Å²) in [4.78, 5) is 12.6. The third-order valence-corrected chi connectivity index (χ3v) is 3.49. The number of anilines is 1. The zero-order valence-corrected chi connectivity index (χ0v) is 13.4. The van der Waals surface area contributed by atoms with Crippen LogP contribution < -0.4 is 19.5 Å². The lowest BCUT2D eigenvalue weighted by molar-refractivity contribution is 0.102. The number of hydrogen-bond donors (Lipinski definition) is 1. The number of nitrogens with one attached hydrogen (secondary N) is 1. The van der Waals surface area contributed by atoms with Gasteiger partial charge in [-0.1, -0.05) is 6.07 Å². The molecule has 24 heavy (non-hydrogen) atoms. The second-order valence-electron chi connectivity index (χ2n) is 4.81. The molecule has 0 radical (unpaired) electrons. The molecule has 0 unspecified atom stereocenters. The largest absolute Gasteiger partial charge is 0.496 e. The summed E-state index contributed by atoms with van der Waals surface area (Å²) >= 11 is 0. The monoisotopic (exact) mass is 328 g/mol. The molecule has 0 saturated heterocycles. The first-order valence-corrected chi connectivity index (χ1v) is 7.09. The molecule has 0 aliphatic carbocycles. The van der Waals surface area contributed by atoms with Crippen molar-refractivity contribution in [2.75, 3.05) is 26.6 Å². The van der Waals surface area contributed by atoms with Gasteiger partial charge in [0.15, 0.2) is 17.1 Å². The van der Waals surface area contributed by atoms with E-state index in [4.69, 9.17) is 14.2 Å². The number of hydrogen-bond acceptors (Lipinski definition) is 6. The van der Waals surface area contributed by atoms with Crippen molar-refractivity contribution in [3.05, 3.63) is 42.1 Å². The maximum absolute atomic E-state index is 12.6. The third-order valence-electron chi connectivity index (χ3n) is 3.49. The van der Waals surface area contributed by atoms with Crippen LogP contribution in [0.4, 0.5) is 5.95 Å². The number of nitrogens with zero attached hydrogens (tertiary/aromatic N) is 3. The topological polar surface area (TPSA) is 87.0 Å². The average molecular weight is 328 g/mol. The Morgan fingerprint density at radius 2 is 1.71 bits per heavy atom. The lowest BCUT2D eigenvalue weighted by atomic mass is 10.1. The lowest BCUT2D eigenvalue weighted by Gasteiger charge is -2.13. The zero-order valence-electron chi connectivity index (χ0n) is 13.4. The molecule has 0 spiro atoms. The van der Waals surface area contributed by atoms with Crippen molar-refractivity contribution >= 4 is 17.5 Å². The predicted octanol–water partition coefficient (Wildman–Crippen LogP) is 2.01. The Hall–Kier alpha value is -3.29. The summed E-state index contributed by atoms with van der Waals surface area (Å²) in [5.74, 6) is 1.17. The minimum absolute atomic E-state index is 0.294. The van der Waals surface area contributed by atoms with Crippen LogP contribution in [0.2, 0.25) is 0 Å². The van der Waals surface area contributed by atoms with E-state index in [2.05, 4.69) is 15.5 Å². The van der Waals surface area contributed by atoms with Crippen molar-refractivity contribution < 1.29 is 19.0 Å². The van der Waals surface area contributed by atoms with E-state index in [1.54, 1.807) is 28.8 Å². The van der Waals surface area contributed by atoms with Gasteiger partial charge in [-0.2, -0.15) is 0 Å². The maximum Gasteiger partial charge on any atom is 0.261 e. The van der Waals surface area contributed by atoms with Gasteiger partial charge in [0, 0.05) is 18.3 Å². The fourth-order valence-electron chi connectivity index (χ4n) is 2.30. The molecule has 0 saturated carbocycles. The van der Waals surface area contributed by atoms with Gasteiger partial charge in [0.25, 0.3) is 5.91 Å². The van der Waals surface area contributed by atoms with Gasteiger partial charge >= 0.3 is 0 Å². The van der Waals surface area contributed by atoms with Crippen molar-refractivity contribution in [3.63, 3.8) is 0 Å². The summed E-state index contributed by atoms with van der Waals surface area (Å²) in [6, 6.07) is 8.60. The van der Waals surface area contributed by atoms with Crippen molar-refractivity contribution in [2.24, 2.45) is 0 Å². The molecule has 1 amide bonds. The van der Waals surface area contributed by atoms with Crippen LogP contribution in [0.25, 0.3) is 5.65 Å². The third kappa shape index (κ3) is 2.69. The van der Waals surface area contributed by atoms with Crippen LogP contribution >= 0.6 is 0 Å². The van der Waals surface area contributed by atoms with Gasteiger partial charge in [-0.25, -0.2) is 0 Å². The SMILES string of the molecule is COc1cc(OC)c(C(=O)Nc2nnc3ccccn23)cc1OC. The van der Waals surface area contributed by atoms with Crippen molar-refractivity contribution in [3.8, 4) is 17.2 Å². The highest BCUT2D eigenvalue weighted by atomic mass is 16.5. The smallest absolute Gasteiger partial charge is 0.261 e. The Morgan fingerprint density at radius 1 is 1.00 bits per heavy atom. The summed E-state index contributed by atoms with van der Waals surface area (Å²) in [5, 5.41) is 10.7. The van der Waals surface area contributed by atoms with Crippen molar-refractivity contribution in [1.82, 2.24) is 14.6 Å². The first-order chi connectivity index (χ1) is 11.7. The second-order valence-corrected chi connectivity index (χ2v) is 4.81. The molecule has 0 fully saturated rings. The Kier molecular flexibility index (Phi) is 4.19. The van der Waals surface area contributed by atoms with Gasteiger partial charge in [0.1, 0.15) is 5.75 Å². The normalized spacial score (nSPS) is 10.5. The van der Waals surface area contributed by atoms with Crippen LogP contribution in [0.3, 0.4) is 0 Å². The predicted molar refractivity (Wildman–Crippen MR) is 87.0 cm³/mol. The molecular formula is C16H16N4O4. The number of ether oxygens (including phenoxy) is 3. The zero-order chi connectivity index (χ0) is 17.1. The molecule has 2 aromatic heterocycles. The van der Waals surface area contributed by atoms with Gasteiger partial charge in [-0.15, -0.1) is 10.2 Å². The maximum atomic E-state index is 12.6. The molecule has 1 N–H and O–H groups in total. The summed E-state index contributed by atoms with van der Waals surface area (Å²) in [7, 11) is 4.49. The molecule has 0 bridgehead atoms. The molecule has 1 aromatic carbocycles. The highest BCUT2D eigenvalue weighted by Gasteiger charge is 2.19. The molecule has 3 aromatic rings. The average Bonchev–Trinajstić information content (AvgIpc) is 3.03. The number of carbonyl (C=O) groups excluding carboxylic acids is 1. The molecule has 3 rings (SSSR count). The molecule has 0 aliphatic rings. The van der Waals surface area contributed by atoms with Crippen LogP contribution in [0, 0.1) is 0 Å². The fourth-order valence-corrected chi connectivity index (χ4v) is 2.30. The van der Waals surface area contributed by atoms with Gasteiger partial charge in [0.2, 0.25) is 5.95 Å². The molecule has 0 aliphatic heterocycles. The van der Waals surface area contributed by atoms with Gasteiger partial charge < -0.3 is 14.2 Å². The number of methoxy groups -OCH3 is 3. The number of aromatic nitrogens is 3. The Morgan fingerprint density at radius 3 is 2.42 bits per heavy atom. The summed E-state index contributed by atoms with van der Waals surface area (Å²) in [6.07, 6.45) is 1.76. The van der Waals surface area contributed by atoms with E-state index < -0.39 is 5.91 Å². The second kappa shape index (κ2) is 6.45. The first-order valence-electron chi connectivity index (χ1n) is 7.09. The minimum Gasteiger partial charge on any atom is -0.496 e. The van der Waals surface area contributed by atoms with Crippen LogP contribution in [0.15, 0.2) is 36.5 Å². The van der Waals surface area contributed by atoms with Gasteiger partial charge in [-0.05, 0) is 12.1 Å². The molecule has 8 nitrogen and oxygen atoms in total. The van der Waals surface area contributed by atoms with Crippen molar-refractivity contribution in [1.29, 1.82) is 0 Å². The number of carbonyl (C=O) groups is 1. The van der Waals surface area contributed by atoms with Crippen LogP contribution in [-0.2, 0) is 0 Å². The summed E-state index contributed by atoms with van der Waals surface area (Å²) < 4.78 is 17.4. The molecule has 124 valence electrons. The van der Waals surface area contributed by atoms with E-state index in [9.17, 15) is 4.79 Å². The molecular weight excluding hydrogens is 312 g/mol. The van der Waals surface area contributed by atoms with Crippen LogP contribution in [-0.4, -0.2) is 41.8 Å². The van der Waals surface area contributed by atoms with Gasteiger partial charge in [0.05, 0.1) is 26.9 Å². The quantitative estimate of drug-likeness (QED) is 0.771. The number of fused-ring (bicyclic) bond motifs is 1. The Balaban J connectivity index is 1.97. The first kappa shape index (κ1) is 15.6. The van der Waals surface area contributed by atoms with Crippen LogP contribution in [0.1, 0.15) is 10.4 Å². The van der Waals surface area contributed by atoms with E-state index in [0.29, 0.717) is 34.4 Å². The summed E-state index contributed by atoms with van der Waals surface area (Å²) in [6.45, 7) is 0. The lowest BCUT2D eigenvalue weighted by Crippen LogP contribution is -2.15. The van der Waals surface area contributed by atoms with E-state index >= 15 is 0 Å². The molecule has 0 atom stereocenters. The molecule has 8 heteroatoms. The molecule has 2 heterocycles. The number of rotatable bonds is 5. The number of pyridine rings is 1. The van der Waals surface area contributed by atoms with E-state index in [-0.39, 0.29) is 0 Å². The highest BCUT2D eigenvalue weighted by molar-refractivity contribution is 6.06.